The van der Waals surface area contributed by atoms with Crippen LogP contribution in [0.2, 0.25) is 0 Å². The predicted molar refractivity (Wildman–Crippen MR) is 91.7 cm³/mol. The summed E-state index contributed by atoms with van der Waals surface area (Å²) in [6, 6.07) is 2.61. The molecule has 6 nitrogen and oxygen atoms in total. The molecule has 1 saturated heterocycles. The van der Waals surface area contributed by atoms with Gasteiger partial charge in [-0.05, 0) is 38.8 Å². The minimum Gasteiger partial charge on any atom is -0.344 e. The number of nitrogens with zero attached hydrogens (tertiary/aromatic N) is 4. The van der Waals surface area contributed by atoms with Gasteiger partial charge in [0, 0.05) is 24.8 Å². The minimum atomic E-state index is -0.440. The zero-order valence-electron chi connectivity index (χ0n) is 14.5. The number of imidazole rings is 1. The Balaban J connectivity index is 1.77. The summed E-state index contributed by atoms with van der Waals surface area (Å²) < 4.78 is 15.8. The number of aromatic nitrogens is 4. The SMILES string of the molecule is Cc1nn(C)c(C)c1[C@H]1CCCN1C(=O)c1cc(F)cc2[nH]cnc12. The number of hydrogen-bond acceptors (Lipinski definition) is 3. The second kappa shape index (κ2) is 5.68. The van der Waals surface area contributed by atoms with Gasteiger partial charge in [0.25, 0.3) is 5.91 Å². The molecule has 1 aliphatic heterocycles. The molecule has 25 heavy (non-hydrogen) atoms. The summed E-state index contributed by atoms with van der Waals surface area (Å²) in [5.41, 5.74) is 4.45. The maximum absolute atomic E-state index is 13.9. The van der Waals surface area contributed by atoms with E-state index in [0.717, 1.165) is 29.8 Å². The number of hydrogen-bond donors (Lipinski definition) is 1. The normalized spacial score (nSPS) is 17.6. The third kappa shape index (κ3) is 2.42. The van der Waals surface area contributed by atoms with E-state index >= 15 is 0 Å². The van der Waals surface area contributed by atoms with Gasteiger partial charge in [-0.15, -0.1) is 0 Å². The maximum Gasteiger partial charge on any atom is 0.256 e. The van der Waals surface area contributed by atoms with E-state index in [1.54, 1.807) is 0 Å². The topological polar surface area (TPSA) is 66.8 Å². The van der Waals surface area contributed by atoms with E-state index in [1.807, 2.05) is 30.5 Å². The molecule has 2 aromatic heterocycles. The van der Waals surface area contributed by atoms with Crippen molar-refractivity contribution in [3.05, 3.63) is 46.8 Å². The van der Waals surface area contributed by atoms with Gasteiger partial charge >= 0.3 is 0 Å². The van der Waals surface area contributed by atoms with Gasteiger partial charge in [-0.25, -0.2) is 9.37 Å². The molecule has 1 N–H and O–H groups in total. The second-order valence-corrected chi connectivity index (χ2v) is 6.62. The first-order valence-electron chi connectivity index (χ1n) is 8.41. The number of carbonyl (C=O) groups excluding carboxylic acids is 1. The smallest absolute Gasteiger partial charge is 0.256 e. The molecule has 7 heteroatoms. The van der Waals surface area contributed by atoms with E-state index in [1.165, 1.54) is 18.5 Å². The highest BCUT2D eigenvalue weighted by Gasteiger charge is 2.34. The van der Waals surface area contributed by atoms with Gasteiger partial charge in [0.05, 0.1) is 29.1 Å². The van der Waals surface area contributed by atoms with Crippen molar-refractivity contribution in [2.24, 2.45) is 7.05 Å². The molecule has 0 saturated carbocycles. The number of carbonyl (C=O) groups is 1. The van der Waals surface area contributed by atoms with Crippen LogP contribution in [0.1, 0.15) is 46.2 Å². The van der Waals surface area contributed by atoms with Crippen molar-refractivity contribution < 1.29 is 9.18 Å². The van der Waals surface area contributed by atoms with Crippen LogP contribution in [-0.4, -0.2) is 37.1 Å². The third-order valence-electron chi connectivity index (χ3n) is 5.13. The van der Waals surface area contributed by atoms with Crippen LogP contribution in [0, 0.1) is 19.7 Å². The number of likely N-dealkylation sites (tertiary alicyclic amines) is 1. The number of nitrogens with one attached hydrogen (secondary N) is 1. The van der Waals surface area contributed by atoms with Crippen LogP contribution < -0.4 is 0 Å². The fourth-order valence-electron chi connectivity index (χ4n) is 3.91. The molecule has 3 heterocycles. The second-order valence-electron chi connectivity index (χ2n) is 6.62. The summed E-state index contributed by atoms with van der Waals surface area (Å²) in [4.78, 5) is 22.1. The first-order valence-corrected chi connectivity index (χ1v) is 8.41. The third-order valence-corrected chi connectivity index (χ3v) is 5.13. The molecule has 1 amide bonds. The number of benzene rings is 1. The fourth-order valence-corrected chi connectivity index (χ4v) is 3.91. The summed E-state index contributed by atoms with van der Waals surface area (Å²) in [5, 5.41) is 4.48. The van der Waals surface area contributed by atoms with Crippen LogP contribution >= 0.6 is 0 Å². The van der Waals surface area contributed by atoms with Crippen LogP contribution in [0.25, 0.3) is 11.0 Å². The zero-order valence-corrected chi connectivity index (χ0v) is 14.5. The number of amides is 1. The maximum atomic E-state index is 13.9. The van der Waals surface area contributed by atoms with Crippen LogP contribution in [0.3, 0.4) is 0 Å². The summed E-state index contributed by atoms with van der Waals surface area (Å²) in [5.74, 6) is -0.619. The highest BCUT2D eigenvalue weighted by molar-refractivity contribution is 6.05. The molecule has 4 rings (SSSR count). The standard InChI is InChI=1S/C18H20FN5O/c1-10-16(11(2)23(3)22-10)15-5-4-6-24(15)18(25)13-7-12(19)8-14-17(13)21-9-20-14/h7-9,15H,4-6H2,1-3H3,(H,20,21)/t15-/m1/s1. The molecular weight excluding hydrogens is 321 g/mol. The van der Waals surface area contributed by atoms with E-state index < -0.39 is 5.82 Å². The molecule has 1 atom stereocenters. The Labute approximate surface area is 144 Å². The first-order chi connectivity index (χ1) is 12.0. The number of fused-ring (bicyclic) bond motifs is 1. The summed E-state index contributed by atoms with van der Waals surface area (Å²) >= 11 is 0. The number of rotatable bonds is 2. The lowest BCUT2D eigenvalue weighted by Gasteiger charge is -2.25. The molecule has 0 aliphatic carbocycles. The number of halogens is 1. The van der Waals surface area contributed by atoms with Crippen LogP contribution in [0.4, 0.5) is 4.39 Å². The lowest BCUT2D eigenvalue weighted by Crippen LogP contribution is -2.31. The first kappa shape index (κ1) is 15.8. The van der Waals surface area contributed by atoms with Crippen molar-refractivity contribution in [2.45, 2.75) is 32.7 Å². The van der Waals surface area contributed by atoms with Gasteiger partial charge < -0.3 is 9.88 Å². The Morgan fingerprint density at radius 1 is 1.36 bits per heavy atom. The van der Waals surface area contributed by atoms with Crippen molar-refractivity contribution in [1.82, 2.24) is 24.6 Å². The Bertz CT molecular complexity index is 973. The average molecular weight is 341 g/mol. The molecule has 3 aromatic rings. The highest BCUT2D eigenvalue weighted by atomic mass is 19.1. The predicted octanol–water partition coefficient (Wildman–Crippen LogP) is 3.03. The van der Waals surface area contributed by atoms with Crippen LogP contribution in [-0.2, 0) is 7.05 Å². The van der Waals surface area contributed by atoms with E-state index in [2.05, 4.69) is 15.1 Å². The number of aromatic amines is 1. The van der Waals surface area contributed by atoms with Crippen molar-refractivity contribution in [2.75, 3.05) is 6.54 Å². The summed E-state index contributed by atoms with van der Waals surface area (Å²) in [7, 11) is 1.91. The molecule has 0 radical (unpaired) electrons. The summed E-state index contributed by atoms with van der Waals surface area (Å²) in [6.45, 7) is 4.64. The van der Waals surface area contributed by atoms with Gasteiger partial charge in [-0.2, -0.15) is 5.10 Å². The van der Waals surface area contributed by atoms with E-state index in [0.29, 0.717) is 23.1 Å². The lowest BCUT2D eigenvalue weighted by molar-refractivity contribution is 0.0736. The molecule has 1 fully saturated rings. The van der Waals surface area contributed by atoms with Gasteiger partial charge in [0.1, 0.15) is 11.3 Å². The van der Waals surface area contributed by atoms with Gasteiger partial charge in [0.2, 0.25) is 0 Å². The molecule has 0 unspecified atom stereocenters. The Morgan fingerprint density at radius 2 is 2.16 bits per heavy atom. The summed E-state index contributed by atoms with van der Waals surface area (Å²) in [6.07, 6.45) is 3.29. The molecule has 130 valence electrons. The van der Waals surface area contributed by atoms with E-state index in [-0.39, 0.29) is 11.9 Å². The van der Waals surface area contributed by atoms with E-state index in [9.17, 15) is 9.18 Å². The molecule has 1 aromatic carbocycles. The zero-order chi connectivity index (χ0) is 17.7. The highest BCUT2D eigenvalue weighted by Crippen LogP contribution is 2.37. The van der Waals surface area contributed by atoms with Crippen molar-refractivity contribution in [1.29, 1.82) is 0 Å². The van der Waals surface area contributed by atoms with E-state index in [4.69, 9.17) is 0 Å². The number of H-pyrrole nitrogens is 1. The Morgan fingerprint density at radius 3 is 2.88 bits per heavy atom. The van der Waals surface area contributed by atoms with Gasteiger partial charge in [0.15, 0.2) is 0 Å². The van der Waals surface area contributed by atoms with Gasteiger partial charge in [-0.1, -0.05) is 0 Å². The molecule has 0 bridgehead atoms. The van der Waals surface area contributed by atoms with Crippen molar-refractivity contribution in [3.8, 4) is 0 Å². The Hall–Kier alpha value is -2.70. The van der Waals surface area contributed by atoms with Crippen LogP contribution in [0.5, 0.6) is 0 Å². The average Bonchev–Trinajstić information content (AvgIpc) is 3.26. The molecule has 1 aliphatic rings. The minimum absolute atomic E-state index is 0.0292. The monoisotopic (exact) mass is 341 g/mol. The lowest BCUT2D eigenvalue weighted by atomic mass is 10.0. The molecular formula is C18H20FN5O. The van der Waals surface area contributed by atoms with Crippen molar-refractivity contribution >= 4 is 16.9 Å². The number of aryl methyl sites for hydroxylation is 2. The van der Waals surface area contributed by atoms with Crippen LogP contribution in [0.15, 0.2) is 18.5 Å². The Kier molecular flexibility index (Phi) is 3.59. The van der Waals surface area contributed by atoms with Gasteiger partial charge in [-0.3, -0.25) is 9.48 Å². The largest absolute Gasteiger partial charge is 0.344 e. The van der Waals surface area contributed by atoms with Crippen molar-refractivity contribution in [3.63, 3.8) is 0 Å². The molecule has 0 spiro atoms. The quantitative estimate of drug-likeness (QED) is 0.779. The fraction of sp³-hybridized carbons (Fsp3) is 0.389.